The maximum absolute atomic E-state index is 12.7. The Balaban J connectivity index is 2.61. The van der Waals surface area contributed by atoms with Crippen LogP contribution < -0.4 is 5.73 Å². The fourth-order valence-corrected chi connectivity index (χ4v) is 3.09. The third kappa shape index (κ3) is 3.95. The predicted molar refractivity (Wildman–Crippen MR) is 82.4 cm³/mol. The molecule has 1 amide bonds. The summed E-state index contributed by atoms with van der Waals surface area (Å²) in [6, 6.07) is 0.212. The summed E-state index contributed by atoms with van der Waals surface area (Å²) in [5, 5.41) is 0. The van der Waals surface area contributed by atoms with Crippen LogP contribution in [0, 0.1) is 17.3 Å². The highest BCUT2D eigenvalue weighted by Crippen LogP contribution is 2.44. The number of nitrogens with two attached hydrogens (primary N) is 1. The lowest BCUT2D eigenvalue weighted by atomic mass is 9.61. The molecule has 4 nitrogen and oxygen atoms in total. The number of nitrogens with zero attached hydrogens (tertiary/aromatic N) is 1. The Morgan fingerprint density at radius 2 is 2.00 bits per heavy atom. The first kappa shape index (κ1) is 17.4. The number of carbonyl (C=O) groups excluding carboxylic acids is 1. The van der Waals surface area contributed by atoms with Gasteiger partial charge in [0.2, 0.25) is 5.91 Å². The van der Waals surface area contributed by atoms with Crippen LogP contribution in [0.15, 0.2) is 0 Å². The van der Waals surface area contributed by atoms with Gasteiger partial charge < -0.3 is 15.4 Å². The highest BCUT2D eigenvalue weighted by atomic mass is 16.5. The Hall–Kier alpha value is -0.610. The highest BCUT2D eigenvalue weighted by molar-refractivity contribution is 5.79. The summed E-state index contributed by atoms with van der Waals surface area (Å²) in [5.74, 6) is 0.674. The molecule has 1 saturated carbocycles. The van der Waals surface area contributed by atoms with Crippen molar-refractivity contribution in [3.8, 4) is 0 Å². The van der Waals surface area contributed by atoms with E-state index in [1.807, 2.05) is 25.8 Å². The SMILES string of the molecule is CC(C)OCCN(C)C(=O)C1CCC(N)C(C)C1(C)C. The average molecular weight is 284 g/mol. The third-order valence-corrected chi connectivity index (χ3v) is 5.05. The molecule has 0 heterocycles. The maximum atomic E-state index is 12.7. The summed E-state index contributed by atoms with van der Waals surface area (Å²) in [6.07, 6.45) is 2.05. The van der Waals surface area contributed by atoms with E-state index in [1.165, 1.54) is 0 Å². The summed E-state index contributed by atoms with van der Waals surface area (Å²) in [6.45, 7) is 11.8. The molecule has 1 rings (SSSR count). The zero-order valence-corrected chi connectivity index (χ0v) is 14.0. The summed E-state index contributed by atoms with van der Waals surface area (Å²) in [4.78, 5) is 14.5. The van der Waals surface area contributed by atoms with E-state index in [-0.39, 0.29) is 29.4 Å². The minimum Gasteiger partial charge on any atom is -0.377 e. The molecule has 3 unspecified atom stereocenters. The number of hydrogen-bond donors (Lipinski definition) is 1. The molecule has 0 aromatic carbocycles. The number of hydrogen-bond acceptors (Lipinski definition) is 3. The molecule has 1 aliphatic carbocycles. The number of amides is 1. The van der Waals surface area contributed by atoms with E-state index in [0.717, 1.165) is 12.8 Å². The molecule has 0 bridgehead atoms. The van der Waals surface area contributed by atoms with Crippen molar-refractivity contribution in [3.05, 3.63) is 0 Å². The summed E-state index contributed by atoms with van der Waals surface area (Å²) in [7, 11) is 1.88. The lowest BCUT2D eigenvalue weighted by Gasteiger charge is -2.47. The van der Waals surface area contributed by atoms with Crippen molar-refractivity contribution >= 4 is 5.91 Å². The largest absolute Gasteiger partial charge is 0.377 e. The molecule has 1 aliphatic rings. The molecule has 0 radical (unpaired) electrons. The summed E-state index contributed by atoms with van der Waals surface area (Å²) in [5.41, 5.74) is 6.12. The van der Waals surface area contributed by atoms with Gasteiger partial charge in [0.05, 0.1) is 12.7 Å². The summed E-state index contributed by atoms with van der Waals surface area (Å²) < 4.78 is 5.53. The minimum absolute atomic E-state index is 0.0398. The first-order valence-corrected chi connectivity index (χ1v) is 7.80. The Labute approximate surface area is 124 Å². The van der Waals surface area contributed by atoms with Crippen molar-refractivity contribution in [2.45, 2.75) is 59.6 Å². The lowest BCUT2D eigenvalue weighted by Crippen LogP contribution is -2.52. The number of rotatable bonds is 5. The van der Waals surface area contributed by atoms with Crippen molar-refractivity contribution < 1.29 is 9.53 Å². The molecule has 118 valence electrons. The lowest BCUT2D eigenvalue weighted by molar-refractivity contribution is -0.143. The highest BCUT2D eigenvalue weighted by Gasteiger charge is 2.45. The van der Waals surface area contributed by atoms with Gasteiger partial charge in [-0.05, 0) is 38.0 Å². The molecular formula is C16H32N2O2. The second kappa shape index (κ2) is 6.90. The van der Waals surface area contributed by atoms with E-state index in [2.05, 4.69) is 20.8 Å². The molecule has 0 aromatic heterocycles. The third-order valence-electron chi connectivity index (χ3n) is 5.05. The quantitative estimate of drug-likeness (QED) is 0.842. The van der Waals surface area contributed by atoms with Gasteiger partial charge in [0, 0.05) is 25.6 Å². The van der Waals surface area contributed by atoms with Crippen LogP contribution in [-0.2, 0) is 9.53 Å². The molecule has 20 heavy (non-hydrogen) atoms. The first-order valence-electron chi connectivity index (χ1n) is 7.80. The second-order valence-electron chi connectivity index (χ2n) is 7.08. The van der Waals surface area contributed by atoms with E-state index in [4.69, 9.17) is 10.5 Å². The van der Waals surface area contributed by atoms with Crippen LogP contribution in [-0.4, -0.2) is 43.2 Å². The van der Waals surface area contributed by atoms with Crippen molar-refractivity contribution in [3.63, 3.8) is 0 Å². The van der Waals surface area contributed by atoms with Crippen LogP contribution in [0.5, 0.6) is 0 Å². The predicted octanol–water partition coefficient (Wildman–Crippen LogP) is 2.27. The standard InChI is InChI=1S/C16H32N2O2/c1-11(2)20-10-9-18(6)15(19)13-7-8-14(17)12(3)16(13,4)5/h11-14H,7-10,17H2,1-6H3. The summed E-state index contributed by atoms with van der Waals surface area (Å²) >= 11 is 0. The van der Waals surface area contributed by atoms with Gasteiger partial charge in [0.1, 0.15) is 0 Å². The van der Waals surface area contributed by atoms with Gasteiger partial charge in [-0.1, -0.05) is 20.8 Å². The normalized spacial score (nSPS) is 29.5. The van der Waals surface area contributed by atoms with Gasteiger partial charge in [-0.3, -0.25) is 4.79 Å². The average Bonchev–Trinajstić information content (AvgIpc) is 2.35. The first-order chi connectivity index (χ1) is 9.17. The minimum atomic E-state index is -0.0398. The van der Waals surface area contributed by atoms with E-state index in [9.17, 15) is 4.79 Å². The Morgan fingerprint density at radius 1 is 1.40 bits per heavy atom. The Kier molecular flexibility index (Phi) is 6.02. The molecule has 0 aliphatic heterocycles. The second-order valence-corrected chi connectivity index (χ2v) is 7.08. The van der Waals surface area contributed by atoms with Gasteiger partial charge in [0.15, 0.2) is 0 Å². The monoisotopic (exact) mass is 284 g/mol. The van der Waals surface area contributed by atoms with Crippen molar-refractivity contribution in [2.75, 3.05) is 20.2 Å². The molecular weight excluding hydrogens is 252 g/mol. The number of carbonyl (C=O) groups is 1. The molecule has 0 spiro atoms. The zero-order chi connectivity index (χ0) is 15.5. The number of ether oxygens (including phenoxy) is 1. The number of likely N-dealkylation sites (N-methyl/N-ethyl adjacent to an activating group) is 1. The van der Waals surface area contributed by atoms with Gasteiger partial charge in [-0.15, -0.1) is 0 Å². The Bertz CT molecular complexity index is 328. The topological polar surface area (TPSA) is 55.6 Å². The zero-order valence-electron chi connectivity index (χ0n) is 14.0. The molecule has 4 heteroatoms. The van der Waals surface area contributed by atoms with Crippen LogP contribution in [0.4, 0.5) is 0 Å². The Morgan fingerprint density at radius 3 is 2.55 bits per heavy atom. The van der Waals surface area contributed by atoms with Crippen LogP contribution in [0.2, 0.25) is 0 Å². The molecule has 1 fully saturated rings. The van der Waals surface area contributed by atoms with Gasteiger partial charge in [0.25, 0.3) is 0 Å². The van der Waals surface area contributed by atoms with Crippen LogP contribution in [0.3, 0.4) is 0 Å². The smallest absolute Gasteiger partial charge is 0.226 e. The van der Waals surface area contributed by atoms with Crippen molar-refractivity contribution in [1.29, 1.82) is 0 Å². The van der Waals surface area contributed by atoms with Crippen LogP contribution in [0.1, 0.15) is 47.5 Å². The van der Waals surface area contributed by atoms with Gasteiger partial charge in [-0.2, -0.15) is 0 Å². The van der Waals surface area contributed by atoms with E-state index >= 15 is 0 Å². The molecule has 0 aromatic rings. The molecule has 2 N–H and O–H groups in total. The van der Waals surface area contributed by atoms with Gasteiger partial charge in [-0.25, -0.2) is 0 Å². The fraction of sp³-hybridized carbons (Fsp3) is 0.938. The van der Waals surface area contributed by atoms with E-state index in [0.29, 0.717) is 19.1 Å². The van der Waals surface area contributed by atoms with Crippen molar-refractivity contribution in [2.24, 2.45) is 23.0 Å². The fourth-order valence-electron chi connectivity index (χ4n) is 3.09. The maximum Gasteiger partial charge on any atom is 0.226 e. The van der Waals surface area contributed by atoms with Crippen LogP contribution >= 0.6 is 0 Å². The van der Waals surface area contributed by atoms with E-state index < -0.39 is 0 Å². The van der Waals surface area contributed by atoms with Gasteiger partial charge >= 0.3 is 0 Å². The molecule has 3 atom stereocenters. The molecule has 0 saturated heterocycles. The van der Waals surface area contributed by atoms with E-state index in [1.54, 1.807) is 0 Å². The van der Waals surface area contributed by atoms with Crippen molar-refractivity contribution in [1.82, 2.24) is 4.90 Å². The van der Waals surface area contributed by atoms with Crippen LogP contribution in [0.25, 0.3) is 0 Å².